The van der Waals surface area contributed by atoms with Crippen LogP contribution in [-0.2, 0) is 9.47 Å². The fourth-order valence-corrected chi connectivity index (χ4v) is 1.67. The molecule has 0 aliphatic carbocycles. The van der Waals surface area contributed by atoms with Crippen LogP contribution in [-0.4, -0.2) is 36.0 Å². The van der Waals surface area contributed by atoms with E-state index in [-0.39, 0.29) is 18.4 Å². The number of hydrogen-bond acceptors (Lipinski definition) is 3. The predicted molar refractivity (Wildman–Crippen MR) is 68.9 cm³/mol. The van der Waals surface area contributed by atoms with Crippen molar-refractivity contribution in [1.29, 1.82) is 0 Å². The van der Waals surface area contributed by atoms with Gasteiger partial charge in [0.25, 0.3) is 0 Å². The zero-order valence-corrected chi connectivity index (χ0v) is 12.2. The third-order valence-corrected chi connectivity index (χ3v) is 2.52. The van der Waals surface area contributed by atoms with E-state index in [2.05, 4.69) is 6.92 Å². The molecule has 0 aliphatic heterocycles. The number of ether oxygens (including phenoxy) is 2. The van der Waals surface area contributed by atoms with Crippen molar-refractivity contribution in [3.05, 3.63) is 0 Å². The van der Waals surface area contributed by atoms with E-state index in [0.717, 1.165) is 12.8 Å². The second kappa shape index (κ2) is 6.84. The Morgan fingerprint density at radius 2 is 1.82 bits per heavy atom. The van der Waals surface area contributed by atoms with Crippen molar-refractivity contribution >= 4 is 6.09 Å². The van der Waals surface area contributed by atoms with Crippen molar-refractivity contribution in [2.75, 3.05) is 7.11 Å². The van der Waals surface area contributed by atoms with Crippen LogP contribution in [0.5, 0.6) is 0 Å². The quantitative estimate of drug-likeness (QED) is 0.697. The Bertz CT molecular complexity index is 235. The minimum absolute atomic E-state index is 0.116. The van der Waals surface area contributed by atoms with Gasteiger partial charge in [0.05, 0.1) is 0 Å². The first-order valence-electron chi connectivity index (χ1n) is 6.27. The highest BCUT2D eigenvalue weighted by Gasteiger charge is 2.29. The van der Waals surface area contributed by atoms with E-state index in [0.29, 0.717) is 0 Å². The molecule has 17 heavy (non-hydrogen) atoms. The predicted octanol–water partition coefficient (Wildman–Crippen LogP) is 3.40. The Kier molecular flexibility index (Phi) is 6.53. The van der Waals surface area contributed by atoms with E-state index in [9.17, 15) is 4.79 Å². The van der Waals surface area contributed by atoms with Gasteiger partial charge >= 0.3 is 6.09 Å². The molecule has 0 fully saturated rings. The maximum atomic E-state index is 12.1. The molecule has 0 aromatic carbocycles. The summed E-state index contributed by atoms with van der Waals surface area (Å²) in [7, 11) is 1.60. The Balaban J connectivity index is 4.74. The second-order valence-electron chi connectivity index (χ2n) is 5.36. The smallest absolute Gasteiger partial charge is 0.412 e. The molecule has 0 aliphatic rings. The number of hydrogen-bond donors (Lipinski definition) is 0. The van der Waals surface area contributed by atoms with Crippen molar-refractivity contribution < 1.29 is 14.3 Å². The first-order valence-corrected chi connectivity index (χ1v) is 6.27. The minimum atomic E-state index is -0.477. The summed E-state index contributed by atoms with van der Waals surface area (Å²) in [5, 5.41) is 0. The van der Waals surface area contributed by atoms with Crippen LogP contribution in [0.15, 0.2) is 0 Å². The van der Waals surface area contributed by atoms with E-state index < -0.39 is 5.60 Å². The maximum Gasteiger partial charge on any atom is 0.412 e. The van der Waals surface area contributed by atoms with Gasteiger partial charge < -0.3 is 9.47 Å². The van der Waals surface area contributed by atoms with Crippen LogP contribution in [0.25, 0.3) is 0 Å². The van der Waals surface area contributed by atoms with Crippen LogP contribution in [0.1, 0.15) is 54.4 Å². The van der Waals surface area contributed by atoms with Gasteiger partial charge in [0.2, 0.25) is 0 Å². The lowest BCUT2D eigenvalue weighted by Crippen LogP contribution is -2.47. The Labute approximate surface area is 105 Å². The van der Waals surface area contributed by atoms with Crippen molar-refractivity contribution in [1.82, 2.24) is 4.90 Å². The SMILES string of the molecule is CCCC(C)N(C(=O)OC(C)(C)C)C(C)OC. The molecule has 0 N–H and O–H groups in total. The number of carbonyl (C=O) groups is 1. The van der Waals surface area contributed by atoms with Gasteiger partial charge in [-0.15, -0.1) is 0 Å². The molecule has 1 amide bonds. The van der Waals surface area contributed by atoms with E-state index in [1.807, 2.05) is 34.6 Å². The molecule has 0 spiro atoms. The highest BCUT2D eigenvalue weighted by atomic mass is 16.6. The number of carbonyl (C=O) groups excluding carboxylic acids is 1. The first kappa shape index (κ1) is 16.2. The molecule has 0 rings (SSSR count). The molecular formula is C13H27NO3. The number of amides is 1. The third-order valence-electron chi connectivity index (χ3n) is 2.52. The Morgan fingerprint density at radius 1 is 1.29 bits per heavy atom. The molecule has 2 unspecified atom stereocenters. The lowest BCUT2D eigenvalue weighted by atomic mass is 10.1. The van der Waals surface area contributed by atoms with Crippen LogP contribution in [0.2, 0.25) is 0 Å². The highest BCUT2D eigenvalue weighted by Crippen LogP contribution is 2.17. The molecule has 102 valence electrons. The van der Waals surface area contributed by atoms with Crippen molar-refractivity contribution in [3.63, 3.8) is 0 Å². The van der Waals surface area contributed by atoms with Gasteiger partial charge in [-0.3, -0.25) is 4.90 Å². The van der Waals surface area contributed by atoms with Gasteiger partial charge in [-0.05, 0) is 41.0 Å². The van der Waals surface area contributed by atoms with Gasteiger partial charge in [-0.2, -0.15) is 0 Å². The summed E-state index contributed by atoms with van der Waals surface area (Å²) < 4.78 is 10.6. The largest absolute Gasteiger partial charge is 0.444 e. The molecule has 0 saturated carbocycles. The summed E-state index contributed by atoms with van der Waals surface area (Å²) >= 11 is 0. The van der Waals surface area contributed by atoms with Crippen LogP contribution < -0.4 is 0 Å². The summed E-state index contributed by atoms with van der Waals surface area (Å²) in [6.07, 6.45) is 1.38. The second-order valence-corrected chi connectivity index (χ2v) is 5.36. The lowest BCUT2D eigenvalue weighted by molar-refractivity contribution is -0.0560. The van der Waals surface area contributed by atoms with Gasteiger partial charge in [-0.25, -0.2) is 4.79 Å². The van der Waals surface area contributed by atoms with Crippen LogP contribution in [0.3, 0.4) is 0 Å². The molecule has 2 atom stereocenters. The number of nitrogens with zero attached hydrogens (tertiary/aromatic N) is 1. The van der Waals surface area contributed by atoms with Crippen molar-refractivity contribution in [2.45, 2.75) is 72.3 Å². The maximum absolute atomic E-state index is 12.1. The monoisotopic (exact) mass is 245 g/mol. The van der Waals surface area contributed by atoms with Crippen LogP contribution >= 0.6 is 0 Å². The average molecular weight is 245 g/mol. The Morgan fingerprint density at radius 3 is 2.18 bits per heavy atom. The first-order chi connectivity index (χ1) is 7.72. The van der Waals surface area contributed by atoms with Gasteiger partial charge in [-0.1, -0.05) is 13.3 Å². The van der Waals surface area contributed by atoms with E-state index in [4.69, 9.17) is 9.47 Å². The normalized spacial score (nSPS) is 15.2. The summed E-state index contributed by atoms with van der Waals surface area (Å²) in [5.74, 6) is 0. The van der Waals surface area contributed by atoms with Crippen molar-refractivity contribution in [2.24, 2.45) is 0 Å². The van der Waals surface area contributed by atoms with Crippen molar-refractivity contribution in [3.8, 4) is 0 Å². The zero-order chi connectivity index (χ0) is 13.6. The topological polar surface area (TPSA) is 38.8 Å². The lowest BCUT2D eigenvalue weighted by Gasteiger charge is -2.35. The Hall–Kier alpha value is -0.770. The molecule has 0 bridgehead atoms. The van der Waals surface area contributed by atoms with Crippen LogP contribution in [0, 0.1) is 0 Å². The zero-order valence-electron chi connectivity index (χ0n) is 12.2. The standard InChI is InChI=1S/C13H27NO3/c1-8-9-10(2)14(11(3)16-7)12(15)17-13(4,5)6/h10-11H,8-9H2,1-7H3. The third kappa shape index (κ3) is 5.91. The van der Waals surface area contributed by atoms with Gasteiger partial charge in [0, 0.05) is 13.2 Å². The highest BCUT2D eigenvalue weighted by molar-refractivity contribution is 5.68. The van der Waals surface area contributed by atoms with Gasteiger partial charge in [0.15, 0.2) is 0 Å². The molecule has 4 nitrogen and oxygen atoms in total. The van der Waals surface area contributed by atoms with Crippen LogP contribution in [0.4, 0.5) is 4.79 Å². The van der Waals surface area contributed by atoms with E-state index in [1.165, 1.54) is 0 Å². The molecular weight excluding hydrogens is 218 g/mol. The fraction of sp³-hybridized carbons (Fsp3) is 0.923. The molecule has 0 radical (unpaired) electrons. The molecule has 0 aromatic heterocycles. The molecule has 0 saturated heterocycles. The fourth-order valence-electron chi connectivity index (χ4n) is 1.67. The summed E-state index contributed by atoms with van der Waals surface area (Å²) in [4.78, 5) is 13.8. The van der Waals surface area contributed by atoms with E-state index in [1.54, 1.807) is 12.0 Å². The molecule has 4 heteroatoms. The van der Waals surface area contributed by atoms with Gasteiger partial charge in [0.1, 0.15) is 11.8 Å². The average Bonchev–Trinajstić information content (AvgIpc) is 2.15. The summed E-state index contributed by atoms with van der Waals surface area (Å²) in [6.45, 7) is 11.6. The molecule has 0 aromatic rings. The molecule has 0 heterocycles. The minimum Gasteiger partial charge on any atom is -0.444 e. The number of rotatable bonds is 5. The van der Waals surface area contributed by atoms with E-state index >= 15 is 0 Å². The summed E-state index contributed by atoms with van der Waals surface area (Å²) in [6, 6.07) is 0.116. The number of methoxy groups -OCH3 is 1. The summed E-state index contributed by atoms with van der Waals surface area (Å²) in [5.41, 5.74) is -0.477.